The van der Waals surface area contributed by atoms with Crippen molar-refractivity contribution in [3.63, 3.8) is 0 Å². The van der Waals surface area contributed by atoms with Gasteiger partial charge in [-0.3, -0.25) is 0 Å². The molecule has 0 amide bonds. The minimum absolute atomic E-state index is 0.0579. The summed E-state index contributed by atoms with van der Waals surface area (Å²) in [6, 6.07) is 9.46. The summed E-state index contributed by atoms with van der Waals surface area (Å²) >= 11 is 7.05. The van der Waals surface area contributed by atoms with Crippen LogP contribution in [0, 0.1) is 12.3 Å². The van der Waals surface area contributed by atoms with Crippen molar-refractivity contribution in [2.24, 2.45) is 4.40 Å². The number of benzene rings is 2. The topological polar surface area (TPSA) is 69.9 Å². The molecule has 0 saturated carbocycles. The fourth-order valence-electron chi connectivity index (χ4n) is 2.68. The summed E-state index contributed by atoms with van der Waals surface area (Å²) in [7, 11) is -3.91. The van der Waals surface area contributed by atoms with E-state index in [-0.39, 0.29) is 16.2 Å². The van der Waals surface area contributed by atoms with Crippen LogP contribution < -0.4 is 14.3 Å². The van der Waals surface area contributed by atoms with Gasteiger partial charge in [0, 0.05) is 17.2 Å². The largest absolute Gasteiger partial charge is 0.486 e. The molecule has 2 aromatic carbocycles. The van der Waals surface area contributed by atoms with Gasteiger partial charge in [-0.05, 0) is 24.3 Å². The van der Waals surface area contributed by atoms with Crippen molar-refractivity contribution in [3.05, 3.63) is 46.2 Å². The Labute approximate surface area is 164 Å². The lowest BCUT2D eigenvalue weighted by Gasteiger charge is -2.18. The van der Waals surface area contributed by atoms with Gasteiger partial charge in [0.05, 0.1) is 21.7 Å². The highest BCUT2D eigenvalue weighted by Gasteiger charge is 2.18. The lowest BCUT2D eigenvalue weighted by molar-refractivity contribution is 0.172. The van der Waals surface area contributed by atoms with Crippen LogP contribution in [0.15, 0.2) is 45.7 Å². The molecule has 0 unspecified atom stereocenters. The third-order valence-corrected chi connectivity index (χ3v) is 6.60. The van der Waals surface area contributed by atoms with Gasteiger partial charge < -0.3 is 14.0 Å². The summed E-state index contributed by atoms with van der Waals surface area (Å²) in [5.74, 6) is 3.76. The molecule has 138 valence electrons. The zero-order chi connectivity index (χ0) is 19.0. The first-order valence-electron chi connectivity index (χ1n) is 7.91. The van der Waals surface area contributed by atoms with Crippen LogP contribution in [0.25, 0.3) is 10.2 Å². The molecule has 1 aliphatic rings. The Bertz CT molecular complexity index is 1240. The number of fused-ring (bicyclic) bond motifs is 2. The minimum atomic E-state index is -3.91. The van der Waals surface area contributed by atoms with Gasteiger partial charge in [0.25, 0.3) is 10.0 Å². The summed E-state index contributed by atoms with van der Waals surface area (Å²) in [5.41, 5.74) is 0.743. The second-order valence-electron chi connectivity index (χ2n) is 5.66. The Balaban J connectivity index is 1.92. The van der Waals surface area contributed by atoms with E-state index in [9.17, 15) is 8.42 Å². The van der Waals surface area contributed by atoms with E-state index in [1.54, 1.807) is 10.6 Å². The number of sulfonamides is 1. The van der Waals surface area contributed by atoms with Crippen LogP contribution in [-0.2, 0) is 16.6 Å². The van der Waals surface area contributed by atoms with E-state index in [2.05, 4.69) is 10.3 Å². The highest BCUT2D eigenvalue weighted by atomic mass is 35.5. The summed E-state index contributed by atoms with van der Waals surface area (Å²) in [4.78, 5) is 0.336. The van der Waals surface area contributed by atoms with Crippen LogP contribution in [-0.4, -0.2) is 26.2 Å². The van der Waals surface area contributed by atoms with Crippen molar-refractivity contribution < 1.29 is 17.9 Å². The molecule has 6 nitrogen and oxygen atoms in total. The predicted molar refractivity (Wildman–Crippen MR) is 104 cm³/mol. The summed E-state index contributed by atoms with van der Waals surface area (Å²) in [5, 5.41) is 0.448. The molecule has 0 atom stereocenters. The van der Waals surface area contributed by atoms with Crippen molar-refractivity contribution in [2.45, 2.75) is 11.4 Å². The quantitative estimate of drug-likeness (QED) is 0.610. The number of hydrogen-bond donors (Lipinski definition) is 0. The smallest absolute Gasteiger partial charge is 0.285 e. The predicted octanol–water partition coefficient (Wildman–Crippen LogP) is 3.05. The molecule has 0 saturated heterocycles. The van der Waals surface area contributed by atoms with E-state index < -0.39 is 10.0 Å². The van der Waals surface area contributed by atoms with E-state index in [0.717, 1.165) is 10.2 Å². The number of terminal acetylenes is 1. The second kappa shape index (κ2) is 6.93. The zero-order valence-electron chi connectivity index (χ0n) is 13.9. The Morgan fingerprint density at radius 2 is 1.85 bits per heavy atom. The molecule has 9 heteroatoms. The number of rotatable bonds is 3. The summed E-state index contributed by atoms with van der Waals surface area (Å²) < 4.78 is 43.1. The van der Waals surface area contributed by atoms with Crippen LogP contribution in [0.4, 0.5) is 0 Å². The Morgan fingerprint density at radius 1 is 1.19 bits per heavy atom. The van der Waals surface area contributed by atoms with Gasteiger partial charge in [-0.1, -0.05) is 28.9 Å². The highest BCUT2D eigenvalue weighted by molar-refractivity contribution is 7.90. The van der Waals surface area contributed by atoms with Gasteiger partial charge in [-0.15, -0.1) is 10.8 Å². The molecule has 1 aliphatic heterocycles. The summed E-state index contributed by atoms with van der Waals surface area (Å²) in [6.45, 7) is 1.10. The minimum Gasteiger partial charge on any atom is -0.486 e. The molecule has 4 rings (SSSR count). The number of hydrogen-bond acceptors (Lipinski definition) is 5. The normalized spacial score (nSPS) is 14.3. The van der Waals surface area contributed by atoms with Crippen molar-refractivity contribution in [2.75, 3.05) is 13.2 Å². The van der Waals surface area contributed by atoms with E-state index in [1.165, 1.54) is 35.6 Å². The Hall–Kier alpha value is -2.47. The fraction of sp³-hybridized carbons (Fsp3) is 0.167. The average molecular weight is 421 g/mol. The average Bonchev–Trinajstić information content (AvgIpc) is 2.96. The molecule has 0 fully saturated rings. The van der Waals surface area contributed by atoms with Crippen LogP contribution in [0.1, 0.15) is 0 Å². The lowest BCUT2D eigenvalue weighted by atomic mass is 10.2. The molecular weight excluding hydrogens is 408 g/mol. The second-order valence-corrected chi connectivity index (χ2v) is 8.71. The maximum atomic E-state index is 12.7. The molecular formula is C18H13ClN2O4S2. The Morgan fingerprint density at radius 3 is 2.52 bits per heavy atom. The van der Waals surface area contributed by atoms with Gasteiger partial charge in [-0.2, -0.15) is 8.42 Å². The van der Waals surface area contributed by atoms with Crippen LogP contribution in [0.2, 0.25) is 5.02 Å². The van der Waals surface area contributed by atoms with E-state index in [4.69, 9.17) is 27.5 Å². The van der Waals surface area contributed by atoms with Crippen LogP contribution in [0.5, 0.6) is 11.5 Å². The zero-order valence-corrected chi connectivity index (χ0v) is 16.3. The molecule has 2 heterocycles. The van der Waals surface area contributed by atoms with Crippen molar-refractivity contribution in [3.8, 4) is 23.8 Å². The first-order chi connectivity index (χ1) is 13.0. The fourth-order valence-corrected chi connectivity index (χ4v) is 5.05. The lowest BCUT2D eigenvalue weighted by Crippen LogP contribution is -2.17. The van der Waals surface area contributed by atoms with Gasteiger partial charge in [0.2, 0.25) is 4.80 Å². The van der Waals surface area contributed by atoms with Gasteiger partial charge in [0.1, 0.15) is 13.2 Å². The highest BCUT2D eigenvalue weighted by Crippen LogP contribution is 2.35. The van der Waals surface area contributed by atoms with Gasteiger partial charge in [-0.25, -0.2) is 0 Å². The monoisotopic (exact) mass is 420 g/mol. The number of halogens is 1. The van der Waals surface area contributed by atoms with Crippen molar-refractivity contribution in [1.82, 2.24) is 4.57 Å². The molecule has 0 aliphatic carbocycles. The maximum absolute atomic E-state index is 12.7. The molecule has 0 spiro atoms. The standard InChI is InChI=1S/C18H13ClN2O4S2/c1-2-7-21-14-10-15-16(25-9-8-24-15)11-17(14)26-18(21)20-27(22,23)13-5-3-12(19)4-6-13/h1,3-6,10-11H,7-9H2. The third kappa shape index (κ3) is 3.41. The molecule has 0 bridgehead atoms. The SMILES string of the molecule is C#CCn1c(=NS(=O)(=O)c2ccc(Cl)cc2)sc2cc3c(cc21)OCCO3. The van der Waals surface area contributed by atoms with Gasteiger partial charge >= 0.3 is 0 Å². The third-order valence-electron chi connectivity index (χ3n) is 3.91. The van der Waals surface area contributed by atoms with E-state index >= 15 is 0 Å². The van der Waals surface area contributed by atoms with Crippen molar-refractivity contribution >= 4 is 43.2 Å². The van der Waals surface area contributed by atoms with Crippen LogP contribution in [0.3, 0.4) is 0 Å². The number of nitrogens with zero attached hydrogens (tertiary/aromatic N) is 2. The maximum Gasteiger partial charge on any atom is 0.285 e. The molecule has 0 radical (unpaired) electrons. The molecule has 1 aromatic heterocycles. The molecule has 3 aromatic rings. The van der Waals surface area contributed by atoms with Crippen molar-refractivity contribution in [1.29, 1.82) is 0 Å². The molecule has 27 heavy (non-hydrogen) atoms. The van der Waals surface area contributed by atoms with E-state index in [1.807, 2.05) is 6.07 Å². The van der Waals surface area contributed by atoms with Crippen LogP contribution >= 0.6 is 22.9 Å². The molecule has 0 N–H and O–H groups in total. The number of ether oxygens (including phenoxy) is 2. The first-order valence-corrected chi connectivity index (χ1v) is 10.5. The van der Waals surface area contributed by atoms with E-state index in [0.29, 0.717) is 29.7 Å². The number of thiazole rings is 1. The first kappa shape index (κ1) is 17.9. The number of aromatic nitrogens is 1. The summed E-state index contributed by atoms with van der Waals surface area (Å²) in [6.07, 6.45) is 5.48. The van der Waals surface area contributed by atoms with Gasteiger partial charge in [0.15, 0.2) is 11.5 Å². The Kier molecular flexibility index (Phi) is 4.60.